The minimum atomic E-state index is 0.765. The Kier molecular flexibility index (Phi) is 3.51. The normalized spacial score (nSPS) is 15.9. The fraction of sp³-hybridized carbons (Fsp3) is 0.368. The van der Waals surface area contributed by atoms with Crippen molar-refractivity contribution in [1.82, 2.24) is 9.47 Å². The molecule has 0 N–H and O–H groups in total. The van der Waals surface area contributed by atoms with E-state index in [1.807, 2.05) is 0 Å². The first-order valence-corrected chi connectivity index (χ1v) is 8.16. The van der Waals surface area contributed by atoms with Gasteiger partial charge in [-0.25, -0.2) is 0 Å². The van der Waals surface area contributed by atoms with Crippen LogP contribution in [0.5, 0.6) is 5.75 Å². The molecule has 3 aromatic rings. The van der Waals surface area contributed by atoms with Crippen LogP contribution in [0, 0.1) is 0 Å². The maximum absolute atomic E-state index is 6.13. The average molecular weight is 294 g/mol. The number of hydrogen-bond donors (Lipinski definition) is 0. The van der Waals surface area contributed by atoms with Gasteiger partial charge in [0.15, 0.2) is 0 Å². The molecule has 1 saturated heterocycles. The lowest BCUT2D eigenvalue weighted by molar-refractivity contribution is 0.239. The Morgan fingerprint density at radius 3 is 2.59 bits per heavy atom. The SMILES string of the molecule is Cn1c2ccccc2c2cccc(OCCN3CCCC3)c21. The number of aromatic nitrogens is 1. The van der Waals surface area contributed by atoms with Gasteiger partial charge in [0, 0.05) is 29.9 Å². The summed E-state index contributed by atoms with van der Waals surface area (Å²) in [7, 11) is 2.12. The van der Waals surface area contributed by atoms with Gasteiger partial charge in [-0.3, -0.25) is 4.90 Å². The molecule has 1 aromatic heterocycles. The second kappa shape index (κ2) is 5.65. The van der Waals surface area contributed by atoms with Crippen molar-refractivity contribution in [2.24, 2.45) is 7.05 Å². The number of rotatable bonds is 4. The molecule has 1 fully saturated rings. The first-order valence-electron chi connectivity index (χ1n) is 8.16. The van der Waals surface area contributed by atoms with Crippen LogP contribution in [-0.2, 0) is 7.05 Å². The summed E-state index contributed by atoms with van der Waals surface area (Å²) in [6.45, 7) is 4.24. The molecule has 1 aliphatic heterocycles. The molecule has 0 amide bonds. The Morgan fingerprint density at radius 1 is 0.955 bits per heavy atom. The van der Waals surface area contributed by atoms with Gasteiger partial charge in [0.2, 0.25) is 0 Å². The summed E-state index contributed by atoms with van der Waals surface area (Å²) >= 11 is 0. The van der Waals surface area contributed by atoms with Crippen molar-refractivity contribution in [3.63, 3.8) is 0 Å². The fourth-order valence-corrected chi connectivity index (χ4v) is 3.61. The molecule has 0 aliphatic carbocycles. The maximum atomic E-state index is 6.13. The predicted octanol–water partition coefficient (Wildman–Crippen LogP) is 3.81. The summed E-state index contributed by atoms with van der Waals surface area (Å²) in [5.74, 6) is 0.996. The molecule has 0 spiro atoms. The molecule has 22 heavy (non-hydrogen) atoms. The highest BCUT2D eigenvalue weighted by molar-refractivity contribution is 6.09. The Bertz CT molecular complexity index is 800. The predicted molar refractivity (Wildman–Crippen MR) is 91.6 cm³/mol. The Labute approximate surface area is 131 Å². The lowest BCUT2D eigenvalue weighted by Crippen LogP contribution is -2.25. The van der Waals surface area contributed by atoms with E-state index in [0.717, 1.165) is 18.9 Å². The number of fused-ring (bicyclic) bond motifs is 3. The largest absolute Gasteiger partial charge is 0.490 e. The van der Waals surface area contributed by atoms with Crippen molar-refractivity contribution in [2.75, 3.05) is 26.2 Å². The van der Waals surface area contributed by atoms with Crippen molar-refractivity contribution in [3.8, 4) is 5.75 Å². The number of hydrogen-bond acceptors (Lipinski definition) is 2. The number of nitrogens with zero attached hydrogens (tertiary/aromatic N) is 2. The van der Waals surface area contributed by atoms with Crippen molar-refractivity contribution in [3.05, 3.63) is 42.5 Å². The Balaban J connectivity index is 1.65. The van der Waals surface area contributed by atoms with Gasteiger partial charge >= 0.3 is 0 Å². The van der Waals surface area contributed by atoms with E-state index in [1.165, 1.54) is 47.7 Å². The maximum Gasteiger partial charge on any atom is 0.143 e. The van der Waals surface area contributed by atoms with E-state index < -0.39 is 0 Å². The molecule has 0 bridgehead atoms. The quantitative estimate of drug-likeness (QED) is 0.728. The van der Waals surface area contributed by atoms with Gasteiger partial charge in [-0.2, -0.15) is 0 Å². The van der Waals surface area contributed by atoms with E-state index in [0.29, 0.717) is 0 Å². The van der Waals surface area contributed by atoms with Crippen molar-refractivity contribution in [1.29, 1.82) is 0 Å². The van der Waals surface area contributed by atoms with Gasteiger partial charge in [0.05, 0.1) is 5.52 Å². The molecule has 114 valence electrons. The summed E-state index contributed by atoms with van der Waals surface area (Å²) in [6.07, 6.45) is 2.66. The van der Waals surface area contributed by atoms with Crippen LogP contribution in [-0.4, -0.2) is 35.7 Å². The summed E-state index contributed by atoms with van der Waals surface area (Å²) in [4.78, 5) is 2.49. The highest BCUT2D eigenvalue weighted by Gasteiger charge is 2.14. The fourth-order valence-electron chi connectivity index (χ4n) is 3.61. The van der Waals surface area contributed by atoms with E-state index in [4.69, 9.17) is 4.74 Å². The molecule has 2 heterocycles. The minimum Gasteiger partial charge on any atom is -0.490 e. The van der Waals surface area contributed by atoms with Crippen LogP contribution < -0.4 is 4.74 Å². The summed E-state index contributed by atoms with van der Waals surface area (Å²) < 4.78 is 8.37. The Hall–Kier alpha value is -2.00. The van der Waals surface area contributed by atoms with Crippen LogP contribution in [0.3, 0.4) is 0 Å². The van der Waals surface area contributed by atoms with Crippen LogP contribution in [0.2, 0.25) is 0 Å². The average Bonchev–Trinajstić information content (AvgIpc) is 3.16. The lowest BCUT2D eigenvalue weighted by atomic mass is 10.1. The van der Waals surface area contributed by atoms with Gasteiger partial charge in [-0.1, -0.05) is 30.3 Å². The third-order valence-electron chi connectivity index (χ3n) is 4.75. The lowest BCUT2D eigenvalue weighted by Gasteiger charge is -2.15. The van der Waals surface area contributed by atoms with E-state index in [9.17, 15) is 0 Å². The molecule has 0 atom stereocenters. The highest BCUT2D eigenvalue weighted by Crippen LogP contribution is 2.33. The van der Waals surface area contributed by atoms with Crippen molar-refractivity contribution >= 4 is 21.8 Å². The highest BCUT2D eigenvalue weighted by atomic mass is 16.5. The number of aryl methyl sites for hydroxylation is 1. The van der Waals surface area contributed by atoms with Crippen LogP contribution >= 0.6 is 0 Å². The van der Waals surface area contributed by atoms with Gasteiger partial charge < -0.3 is 9.30 Å². The zero-order chi connectivity index (χ0) is 14.9. The van der Waals surface area contributed by atoms with Crippen LogP contribution in [0.15, 0.2) is 42.5 Å². The third kappa shape index (κ3) is 2.26. The molecule has 0 radical (unpaired) electrons. The van der Waals surface area contributed by atoms with Gasteiger partial charge in [0.1, 0.15) is 12.4 Å². The molecule has 3 nitrogen and oxygen atoms in total. The van der Waals surface area contributed by atoms with E-state index in [-0.39, 0.29) is 0 Å². The zero-order valence-corrected chi connectivity index (χ0v) is 13.1. The number of para-hydroxylation sites is 2. The summed E-state index contributed by atoms with van der Waals surface area (Å²) in [6, 6.07) is 14.9. The summed E-state index contributed by atoms with van der Waals surface area (Å²) in [5, 5.41) is 2.57. The van der Waals surface area contributed by atoms with Gasteiger partial charge in [0.25, 0.3) is 0 Å². The van der Waals surface area contributed by atoms with Crippen molar-refractivity contribution in [2.45, 2.75) is 12.8 Å². The van der Waals surface area contributed by atoms with Gasteiger partial charge in [-0.05, 0) is 38.1 Å². The van der Waals surface area contributed by atoms with Crippen LogP contribution in [0.25, 0.3) is 21.8 Å². The second-order valence-electron chi connectivity index (χ2n) is 6.13. The van der Waals surface area contributed by atoms with E-state index >= 15 is 0 Å². The number of likely N-dealkylation sites (tertiary alicyclic amines) is 1. The molecule has 1 aliphatic rings. The van der Waals surface area contributed by atoms with Crippen molar-refractivity contribution < 1.29 is 4.74 Å². The molecular formula is C19H22N2O. The zero-order valence-electron chi connectivity index (χ0n) is 13.1. The van der Waals surface area contributed by atoms with Crippen LogP contribution in [0.4, 0.5) is 0 Å². The van der Waals surface area contributed by atoms with Gasteiger partial charge in [-0.15, -0.1) is 0 Å². The third-order valence-corrected chi connectivity index (χ3v) is 4.75. The number of benzene rings is 2. The Morgan fingerprint density at radius 2 is 1.73 bits per heavy atom. The molecule has 0 saturated carbocycles. The summed E-state index contributed by atoms with van der Waals surface area (Å²) in [5.41, 5.74) is 2.46. The molecular weight excluding hydrogens is 272 g/mol. The molecule has 4 rings (SSSR count). The standard InChI is InChI=1S/C19H22N2O/c1-20-17-9-3-2-7-15(17)16-8-6-10-18(19(16)20)22-14-13-21-11-4-5-12-21/h2-3,6-10H,4-5,11-14H2,1H3. The minimum absolute atomic E-state index is 0.765. The topological polar surface area (TPSA) is 17.4 Å². The first-order chi connectivity index (χ1) is 10.8. The second-order valence-corrected chi connectivity index (χ2v) is 6.13. The molecule has 0 unspecified atom stereocenters. The van der Waals surface area contributed by atoms with Crippen LogP contribution in [0.1, 0.15) is 12.8 Å². The molecule has 2 aromatic carbocycles. The van der Waals surface area contributed by atoms with E-state index in [2.05, 4.69) is 59.0 Å². The smallest absolute Gasteiger partial charge is 0.143 e. The number of ether oxygens (including phenoxy) is 1. The monoisotopic (exact) mass is 294 g/mol. The van der Waals surface area contributed by atoms with E-state index in [1.54, 1.807) is 0 Å². The molecule has 3 heteroatoms. The first kappa shape index (κ1) is 13.6.